The molecule has 0 bridgehead atoms. The lowest BCUT2D eigenvalue weighted by Gasteiger charge is -2.09. The standard InChI is InChI=1S/C11H7ClFNO5/c1-18-10-8(13)5(12)2-4(9(10)15)7-3-6(11(16)17)14-19-7/h2-3,15H,1H3,(H,16,17). The van der Waals surface area contributed by atoms with Gasteiger partial charge >= 0.3 is 5.97 Å². The number of ether oxygens (including phenoxy) is 1. The van der Waals surface area contributed by atoms with Crippen LogP contribution in [0.3, 0.4) is 0 Å². The first kappa shape index (κ1) is 13.2. The Labute approximate surface area is 111 Å². The number of aromatic hydroxyl groups is 1. The number of halogens is 2. The summed E-state index contributed by atoms with van der Waals surface area (Å²) in [6.45, 7) is 0. The van der Waals surface area contributed by atoms with Gasteiger partial charge in [0.2, 0.25) is 0 Å². The SMILES string of the molecule is COc1c(O)c(-c2cc(C(=O)O)no2)cc(Cl)c1F. The van der Waals surface area contributed by atoms with Crippen LogP contribution in [0.15, 0.2) is 16.7 Å². The third-order valence-electron chi connectivity index (χ3n) is 2.35. The van der Waals surface area contributed by atoms with Crippen molar-refractivity contribution in [1.29, 1.82) is 0 Å². The zero-order valence-corrected chi connectivity index (χ0v) is 10.2. The number of hydrogen-bond donors (Lipinski definition) is 2. The highest BCUT2D eigenvalue weighted by atomic mass is 35.5. The molecule has 0 unspecified atom stereocenters. The average Bonchev–Trinajstić information content (AvgIpc) is 2.84. The van der Waals surface area contributed by atoms with Crippen molar-refractivity contribution in [2.75, 3.05) is 7.11 Å². The first-order chi connectivity index (χ1) is 8.95. The number of aromatic nitrogens is 1. The van der Waals surface area contributed by atoms with E-state index in [2.05, 4.69) is 9.89 Å². The number of nitrogens with zero attached hydrogens (tertiary/aromatic N) is 1. The number of phenols is 1. The molecule has 8 heteroatoms. The number of carboxylic acids is 1. The molecule has 2 N–H and O–H groups in total. The van der Waals surface area contributed by atoms with Crippen LogP contribution < -0.4 is 4.74 Å². The molecule has 2 aromatic rings. The van der Waals surface area contributed by atoms with E-state index in [-0.39, 0.29) is 22.0 Å². The minimum absolute atomic E-state index is 0.0248. The van der Waals surface area contributed by atoms with Crippen molar-refractivity contribution >= 4 is 17.6 Å². The second kappa shape index (κ2) is 4.77. The molecule has 1 heterocycles. The van der Waals surface area contributed by atoms with Crippen molar-refractivity contribution in [1.82, 2.24) is 5.16 Å². The molecule has 0 saturated carbocycles. The van der Waals surface area contributed by atoms with Crippen LogP contribution in [0.1, 0.15) is 10.5 Å². The summed E-state index contributed by atoms with van der Waals surface area (Å²) in [5.74, 6) is -3.32. The number of methoxy groups -OCH3 is 1. The van der Waals surface area contributed by atoms with E-state index in [0.717, 1.165) is 19.2 Å². The van der Waals surface area contributed by atoms with Gasteiger partial charge in [0, 0.05) is 6.07 Å². The van der Waals surface area contributed by atoms with E-state index < -0.39 is 23.3 Å². The average molecular weight is 288 g/mol. The molecule has 0 spiro atoms. The molecule has 0 aliphatic carbocycles. The van der Waals surface area contributed by atoms with Crippen LogP contribution >= 0.6 is 11.6 Å². The Balaban J connectivity index is 2.61. The summed E-state index contributed by atoms with van der Waals surface area (Å²) in [6.07, 6.45) is 0. The van der Waals surface area contributed by atoms with E-state index in [1.165, 1.54) is 0 Å². The van der Waals surface area contributed by atoms with Crippen LogP contribution in [-0.2, 0) is 0 Å². The highest BCUT2D eigenvalue weighted by Gasteiger charge is 2.22. The van der Waals surface area contributed by atoms with Crippen LogP contribution in [0.25, 0.3) is 11.3 Å². The zero-order chi connectivity index (χ0) is 14.2. The number of carboxylic acid groups (broad SMARTS) is 1. The molecule has 0 radical (unpaired) electrons. The topological polar surface area (TPSA) is 92.8 Å². The second-order valence-electron chi connectivity index (χ2n) is 3.48. The van der Waals surface area contributed by atoms with E-state index >= 15 is 0 Å². The third-order valence-corrected chi connectivity index (χ3v) is 2.62. The van der Waals surface area contributed by atoms with Crippen molar-refractivity contribution in [2.24, 2.45) is 0 Å². The Morgan fingerprint density at radius 1 is 1.53 bits per heavy atom. The molecule has 0 amide bonds. The van der Waals surface area contributed by atoms with Gasteiger partial charge in [-0.05, 0) is 6.07 Å². The molecule has 2 rings (SSSR count). The maximum absolute atomic E-state index is 13.5. The lowest BCUT2D eigenvalue weighted by atomic mass is 10.1. The predicted octanol–water partition coefficient (Wildman–Crippen LogP) is 2.55. The fraction of sp³-hybridized carbons (Fsp3) is 0.0909. The maximum Gasteiger partial charge on any atom is 0.358 e. The summed E-state index contributed by atoms with van der Waals surface area (Å²) in [4.78, 5) is 10.7. The summed E-state index contributed by atoms with van der Waals surface area (Å²) in [5, 5.41) is 21.5. The summed E-state index contributed by atoms with van der Waals surface area (Å²) >= 11 is 5.64. The quantitative estimate of drug-likeness (QED) is 0.901. The molecular formula is C11H7ClFNO5. The largest absolute Gasteiger partial charge is 0.504 e. The Bertz CT molecular complexity index is 655. The molecule has 1 aromatic carbocycles. The highest BCUT2D eigenvalue weighted by molar-refractivity contribution is 6.31. The van der Waals surface area contributed by atoms with E-state index in [9.17, 15) is 14.3 Å². The van der Waals surface area contributed by atoms with E-state index in [1.807, 2.05) is 0 Å². The van der Waals surface area contributed by atoms with E-state index in [0.29, 0.717) is 0 Å². The molecular weight excluding hydrogens is 281 g/mol. The summed E-state index contributed by atoms with van der Waals surface area (Å²) in [6, 6.07) is 2.16. The van der Waals surface area contributed by atoms with Gasteiger partial charge in [0.25, 0.3) is 0 Å². The number of phenolic OH excluding ortho intramolecular Hbond substituents is 1. The van der Waals surface area contributed by atoms with Crippen molar-refractivity contribution in [3.05, 3.63) is 28.7 Å². The molecule has 0 atom stereocenters. The Morgan fingerprint density at radius 2 is 2.21 bits per heavy atom. The van der Waals surface area contributed by atoms with Gasteiger partial charge in [-0.15, -0.1) is 0 Å². The van der Waals surface area contributed by atoms with Crippen molar-refractivity contribution in [3.8, 4) is 22.8 Å². The van der Waals surface area contributed by atoms with Crippen LogP contribution in [0.5, 0.6) is 11.5 Å². The third kappa shape index (κ3) is 2.19. The van der Waals surface area contributed by atoms with Gasteiger partial charge in [0.1, 0.15) is 0 Å². The second-order valence-corrected chi connectivity index (χ2v) is 3.89. The zero-order valence-electron chi connectivity index (χ0n) is 9.48. The van der Waals surface area contributed by atoms with Gasteiger partial charge in [0.05, 0.1) is 17.7 Å². The molecule has 0 saturated heterocycles. The number of hydrogen-bond acceptors (Lipinski definition) is 5. The van der Waals surface area contributed by atoms with Gasteiger partial charge in [-0.25, -0.2) is 9.18 Å². The summed E-state index contributed by atoms with van der Waals surface area (Å²) < 4.78 is 23.0. The number of rotatable bonds is 3. The van der Waals surface area contributed by atoms with E-state index in [1.54, 1.807) is 0 Å². The van der Waals surface area contributed by atoms with Crippen LogP contribution in [0, 0.1) is 5.82 Å². The number of benzene rings is 1. The molecule has 19 heavy (non-hydrogen) atoms. The van der Waals surface area contributed by atoms with Gasteiger partial charge < -0.3 is 19.5 Å². The van der Waals surface area contributed by atoms with Crippen molar-refractivity contribution in [3.63, 3.8) is 0 Å². The number of aromatic carboxylic acids is 1. The smallest absolute Gasteiger partial charge is 0.358 e. The summed E-state index contributed by atoms with van der Waals surface area (Å²) in [5.41, 5.74) is -0.378. The molecule has 100 valence electrons. The number of carbonyl (C=O) groups is 1. The Hall–Kier alpha value is -2.28. The van der Waals surface area contributed by atoms with Crippen LogP contribution in [0.4, 0.5) is 4.39 Å². The fourth-order valence-electron chi connectivity index (χ4n) is 1.47. The van der Waals surface area contributed by atoms with E-state index in [4.69, 9.17) is 21.2 Å². The first-order valence-electron chi connectivity index (χ1n) is 4.91. The van der Waals surface area contributed by atoms with Crippen LogP contribution in [-0.4, -0.2) is 28.4 Å². The lowest BCUT2D eigenvalue weighted by molar-refractivity contribution is 0.0686. The molecule has 6 nitrogen and oxygen atoms in total. The summed E-state index contributed by atoms with van der Waals surface area (Å²) in [7, 11) is 1.15. The Morgan fingerprint density at radius 3 is 2.74 bits per heavy atom. The molecule has 0 aliphatic heterocycles. The normalized spacial score (nSPS) is 10.5. The molecule has 1 aromatic heterocycles. The fourth-order valence-corrected chi connectivity index (χ4v) is 1.67. The van der Waals surface area contributed by atoms with Crippen LogP contribution in [0.2, 0.25) is 5.02 Å². The van der Waals surface area contributed by atoms with Gasteiger partial charge in [-0.3, -0.25) is 0 Å². The lowest BCUT2D eigenvalue weighted by Crippen LogP contribution is -1.94. The van der Waals surface area contributed by atoms with Crippen molar-refractivity contribution in [2.45, 2.75) is 0 Å². The van der Waals surface area contributed by atoms with Crippen molar-refractivity contribution < 1.29 is 28.7 Å². The molecule has 0 aliphatic rings. The predicted molar refractivity (Wildman–Crippen MR) is 62.1 cm³/mol. The first-order valence-corrected chi connectivity index (χ1v) is 5.28. The minimum atomic E-state index is -1.30. The highest BCUT2D eigenvalue weighted by Crippen LogP contribution is 2.42. The monoisotopic (exact) mass is 287 g/mol. The minimum Gasteiger partial charge on any atom is -0.504 e. The maximum atomic E-state index is 13.5. The van der Waals surface area contributed by atoms with Gasteiger partial charge in [0.15, 0.2) is 28.8 Å². The Kier molecular flexibility index (Phi) is 3.30. The van der Waals surface area contributed by atoms with Gasteiger partial charge in [-0.1, -0.05) is 16.8 Å². The van der Waals surface area contributed by atoms with Gasteiger partial charge in [-0.2, -0.15) is 0 Å². The molecule has 0 fully saturated rings.